The van der Waals surface area contributed by atoms with Crippen LogP contribution < -0.4 is 79.8 Å². The molecule has 0 bridgehead atoms. The lowest BCUT2D eigenvalue weighted by atomic mass is 10.2. The van der Waals surface area contributed by atoms with Gasteiger partial charge in [-0.25, -0.2) is 0 Å². The smallest absolute Gasteiger partial charge is 0.00385 e. The lowest BCUT2D eigenvalue weighted by Crippen LogP contribution is -2.33. The highest BCUT2D eigenvalue weighted by Gasteiger charge is 2.01. The molecule has 0 aromatic rings. The molecule has 3 atom stereocenters. The van der Waals surface area contributed by atoms with Crippen LogP contribution in [0, 0.1) is 17.8 Å². The monoisotopic (exact) mass is 1350 g/mol. The van der Waals surface area contributed by atoms with Crippen LogP contribution in [-0.4, -0.2) is 197 Å². The molecular formula is C78H201N15. The predicted molar refractivity (Wildman–Crippen MR) is 446 cm³/mol. The van der Waals surface area contributed by atoms with E-state index in [0.717, 1.165) is 89.7 Å². The van der Waals surface area contributed by atoms with Gasteiger partial charge in [0.2, 0.25) is 0 Å². The van der Waals surface area contributed by atoms with Crippen molar-refractivity contribution in [1.29, 1.82) is 0 Å². The molecule has 0 radical (unpaired) electrons. The zero-order chi connectivity index (χ0) is 76.2. The SMILES string of the molecule is CC(C)CNCC(C)C.CC(C)NC(C)C.CCC(C)NC.CCC(C)NC(C)CC.CCCCNC.CCCCNCCCC.CCCNC.CCCNCC.CCCNCCC.CCNC.CCNC(C)C.CCNCC.CNC.CNC(C)C.CNCC(C)C. The van der Waals surface area contributed by atoms with Crippen molar-refractivity contribution in [3.05, 3.63) is 0 Å². The Morgan fingerprint density at radius 2 is 0.548 bits per heavy atom. The van der Waals surface area contributed by atoms with Gasteiger partial charge in [-0.1, -0.05) is 220 Å². The van der Waals surface area contributed by atoms with Crippen LogP contribution in [0.4, 0.5) is 0 Å². The first-order valence-electron chi connectivity index (χ1n) is 39.2. The van der Waals surface area contributed by atoms with E-state index in [0.29, 0.717) is 42.3 Å². The quantitative estimate of drug-likeness (QED) is 0.0262. The molecule has 0 spiro atoms. The molecule has 0 aromatic heterocycles. The summed E-state index contributed by atoms with van der Waals surface area (Å²) >= 11 is 0. The van der Waals surface area contributed by atoms with E-state index in [1.807, 2.05) is 56.4 Å². The molecule has 0 fully saturated rings. The van der Waals surface area contributed by atoms with Crippen molar-refractivity contribution in [3.8, 4) is 0 Å². The van der Waals surface area contributed by atoms with Crippen LogP contribution in [0.5, 0.6) is 0 Å². The summed E-state index contributed by atoms with van der Waals surface area (Å²) in [5.74, 6) is 2.35. The second-order valence-electron chi connectivity index (χ2n) is 25.7. The van der Waals surface area contributed by atoms with Crippen molar-refractivity contribution >= 4 is 0 Å². The van der Waals surface area contributed by atoms with Crippen LogP contribution >= 0.6 is 0 Å². The Bertz CT molecular complexity index is 875. The van der Waals surface area contributed by atoms with Crippen LogP contribution in [0.2, 0.25) is 0 Å². The van der Waals surface area contributed by atoms with Gasteiger partial charge in [0.1, 0.15) is 0 Å². The average Bonchev–Trinajstić information content (AvgIpc) is 3.53. The van der Waals surface area contributed by atoms with E-state index < -0.39 is 0 Å². The molecule has 0 aliphatic carbocycles. The van der Waals surface area contributed by atoms with Crippen molar-refractivity contribution in [2.45, 2.75) is 347 Å². The summed E-state index contributed by atoms with van der Waals surface area (Å²) in [5.41, 5.74) is 0. The molecule has 0 aromatic carbocycles. The summed E-state index contributed by atoms with van der Waals surface area (Å²) < 4.78 is 0. The Labute approximate surface area is 596 Å². The molecule has 15 N–H and O–H groups in total. The van der Waals surface area contributed by atoms with Gasteiger partial charge in [-0.3, -0.25) is 0 Å². The standard InChI is InChI=1S/3C8H19N.2C6H15N.5C5H13N.3C4H11N.C3H9N.C2H7N/c1-7(2)5-9-6-8(3)4;1-5-7(3)9-8(4)6-2;1-3-5-7-9-8-6-4-2;1-5(2)7-6(3)4;1-3-5-7-6-4-2;1-5(2)4-6-3;1-4-5(2)6-3;1-4-6-5(2)3;1-3-4-5-6-2;1-3-5-6-4-2;1-4(2)5-3;1-3-4-5-2;1-3-5-4-2;1-3-4-2;1-3-2/h2*7-9H,5-6H2,1-4H3;9H,3-8H2,1-2H3;5-7H,1-4H3;7H,3-6H2,1-2H3;3*5-6H,4H2,1-3H3;2*6H,3-5H2,1-2H3;4-5H,1-3H3;2*5H,3-4H2,1-2H3;4H,3H2,1-2H3;3H,1-2H3. The van der Waals surface area contributed by atoms with Crippen molar-refractivity contribution < 1.29 is 0 Å². The molecule has 3 unspecified atom stereocenters. The van der Waals surface area contributed by atoms with Gasteiger partial charge in [0, 0.05) is 42.3 Å². The predicted octanol–water partition coefficient (Wildman–Crippen LogP) is 15.8. The summed E-state index contributed by atoms with van der Waals surface area (Å²) in [6.45, 7) is 86.5. The lowest BCUT2D eigenvalue weighted by Gasteiger charge is -2.16. The first-order valence-corrected chi connectivity index (χ1v) is 39.2. The molecule has 0 aliphatic rings. The van der Waals surface area contributed by atoms with E-state index in [-0.39, 0.29) is 0 Å². The first kappa shape index (κ1) is 129. The van der Waals surface area contributed by atoms with Gasteiger partial charge in [0.05, 0.1) is 0 Å². The Kier molecular flexibility index (Phi) is 197. The third-order valence-corrected chi connectivity index (χ3v) is 11.6. The Hall–Kier alpha value is -0.600. The van der Waals surface area contributed by atoms with Crippen molar-refractivity contribution in [2.24, 2.45) is 17.8 Å². The first-order chi connectivity index (χ1) is 43.9. The topological polar surface area (TPSA) is 180 Å². The maximum absolute atomic E-state index is 3.48. The van der Waals surface area contributed by atoms with Crippen LogP contribution in [0.3, 0.4) is 0 Å². The van der Waals surface area contributed by atoms with Gasteiger partial charge >= 0.3 is 0 Å². The maximum atomic E-state index is 3.48. The average molecular weight is 1350 g/mol. The molecule has 0 saturated carbocycles. The molecule has 0 aliphatic heterocycles. The van der Waals surface area contributed by atoms with Crippen LogP contribution in [-0.2, 0) is 0 Å². The van der Waals surface area contributed by atoms with Crippen LogP contribution in [0.15, 0.2) is 0 Å². The number of hydrogen-bond acceptors (Lipinski definition) is 15. The van der Waals surface area contributed by atoms with Gasteiger partial charge in [0.25, 0.3) is 0 Å². The molecule has 0 rings (SSSR count). The van der Waals surface area contributed by atoms with Crippen molar-refractivity contribution in [3.63, 3.8) is 0 Å². The van der Waals surface area contributed by atoms with Crippen LogP contribution in [0.25, 0.3) is 0 Å². The van der Waals surface area contributed by atoms with E-state index in [2.05, 4.69) is 301 Å². The number of nitrogens with one attached hydrogen (secondary N) is 15. The number of unbranched alkanes of at least 4 members (excludes halogenated alkanes) is 3. The number of rotatable bonds is 38. The van der Waals surface area contributed by atoms with E-state index in [1.165, 1.54) is 110 Å². The Morgan fingerprint density at radius 1 is 0.237 bits per heavy atom. The summed E-state index contributed by atoms with van der Waals surface area (Å²) in [6, 6.07) is 4.58. The minimum Gasteiger partial charge on any atom is -0.323 e. The maximum Gasteiger partial charge on any atom is 0.00385 e. The van der Waals surface area contributed by atoms with Gasteiger partial charge < -0.3 is 79.8 Å². The Balaban J connectivity index is -0.0000000543. The second-order valence-corrected chi connectivity index (χ2v) is 25.7. The molecule has 0 amide bonds. The fourth-order valence-electron chi connectivity index (χ4n) is 5.48. The number of hydrogen-bond donors (Lipinski definition) is 15. The highest BCUT2D eigenvalue weighted by atomic mass is 14.9. The summed E-state index contributed by atoms with van der Waals surface area (Å²) in [5, 5.41) is 47.3. The fourth-order valence-corrected chi connectivity index (χ4v) is 5.48. The summed E-state index contributed by atoms with van der Waals surface area (Å²) in [6.07, 6.45) is 16.5. The largest absolute Gasteiger partial charge is 0.323 e. The molecule has 15 heteroatoms. The molecule has 15 nitrogen and oxygen atoms in total. The van der Waals surface area contributed by atoms with E-state index in [1.54, 1.807) is 0 Å². The minimum absolute atomic E-state index is 0.625. The molecule has 588 valence electrons. The van der Waals surface area contributed by atoms with Gasteiger partial charge in [-0.15, -0.1) is 0 Å². The van der Waals surface area contributed by atoms with Crippen LogP contribution in [0.1, 0.15) is 305 Å². The van der Waals surface area contributed by atoms with E-state index >= 15 is 0 Å². The normalized spacial score (nSPS) is 10.6. The Morgan fingerprint density at radius 3 is 0.667 bits per heavy atom. The zero-order valence-corrected chi connectivity index (χ0v) is 73.1. The van der Waals surface area contributed by atoms with Crippen molar-refractivity contribution in [2.75, 3.05) is 155 Å². The molecule has 0 heterocycles. The second kappa shape index (κ2) is 142. The highest BCUT2D eigenvalue weighted by Crippen LogP contribution is 1.94. The minimum atomic E-state index is 0.625. The molecule has 93 heavy (non-hydrogen) atoms. The van der Waals surface area contributed by atoms with E-state index in [9.17, 15) is 0 Å². The summed E-state index contributed by atoms with van der Waals surface area (Å²) in [4.78, 5) is 0. The highest BCUT2D eigenvalue weighted by molar-refractivity contribution is 4.63. The van der Waals surface area contributed by atoms with Crippen molar-refractivity contribution in [1.82, 2.24) is 79.8 Å². The zero-order valence-electron chi connectivity index (χ0n) is 73.1. The van der Waals surface area contributed by atoms with Gasteiger partial charge in [-0.2, -0.15) is 0 Å². The third kappa shape index (κ3) is 288. The lowest BCUT2D eigenvalue weighted by molar-refractivity contribution is 0.449. The van der Waals surface area contributed by atoms with E-state index in [4.69, 9.17) is 0 Å². The fraction of sp³-hybridized carbons (Fsp3) is 1.00. The van der Waals surface area contributed by atoms with Gasteiger partial charge in [0.15, 0.2) is 0 Å². The summed E-state index contributed by atoms with van der Waals surface area (Å²) in [7, 11) is 15.5. The molecule has 0 saturated heterocycles. The third-order valence-electron chi connectivity index (χ3n) is 11.6. The molecular weight excluding hydrogens is 1150 g/mol. The van der Waals surface area contributed by atoms with Gasteiger partial charge in [-0.05, 0) is 257 Å².